The van der Waals surface area contributed by atoms with Crippen LogP contribution in [0.25, 0.3) is 5.82 Å². The van der Waals surface area contributed by atoms with Crippen molar-refractivity contribution < 1.29 is 14.1 Å². The van der Waals surface area contributed by atoms with E-state index < -0.39 is 0 Å². The predicted octanol–water partition coefficient (Wildman–Crippen LogP) is 2.09. The highest BCUT2D eigenvalue weighted by Gasteiger charge is 2.18. The average Bonchev–Trinajstić information content (AvgIpc) is 3.12. The number of hydrogen-bond donors (Lipinski definition) is 1. The zero-order valence-electron chi connectivity index (χ0n) is 15.8. The Labute approximate surface area is 148 Å². The Morgan fingerprint density at radius 3 is 2.72 bits per heavy atom. The predicted molar refractivity (Wildman–Crippen MR) is 96.4 cm³/mol. The number of rotatable bonds is 9. The summed E-state index contributed by atoms with van der Waals surface area (Å²) < 4.78 is 12.1. The first-order chi connectivity index (χ1) is 11.9. The molecule has 7 heteroatoms. The molecular weight excluding hydrogens is 320 g/mol. The van der Waals surface area contributed by atoms with E-state index in [1.54, 1.807) is 7.11 Å². The highest BCUT2D eigenvalue weighted by molar-refractivity contribution is 5.95. The van der Waals surface area contributed by atoms with Gasteiger partial charge in [-0.1, -0.05) is 5.16 Å². The van der Waals surface area contributed by atoms with Gasteiger partial charge in [0.05, 0.1) is 12.2 Å². The molecule has 25 heavy (non-hydrogen) atoms. The largest absolute Gasteiger partial charge is 0.383 e. The second-order valence-corrected chi connectivity index (χ2v) is 6.32. The first-order valence-corrected chi connectivity index (χ1v) is 8.52. The van der Waals surface area contributed by atoms with Crippen molar-refractivity contribution in [1.29, 1.82) is 0 Å². The average molecular weight is 348 g/mol. The number of aromatic nitrogens is 2. The van der Waals surface area contributed by atoms with Crippen LogP contribution in [0.1, 0.15) is 33.9 Å². The number of hydrogen-bond acceptors (Lipinski definition) is 5. The zero-order chi connectivity index (χ0) is 18.4. The fraction of sp³-hybridized carbons (Fsp3) is 0.556. The number of carbonyl (C=O) groups is 1. The first kappa shape index (κ1) is 19.2. The standard InChI is InChI=1S/C18H28N4O3/c1-13-11-16(15(3)22(13)17-12-14(2)25-20-17)18(23)19-7-6-8-21(4)9-10-24-5/h11-12H,6-10H2,1-5H3,(H,19,23). The molecule has 0 unspecified atom stereocenters. The lowest BCUT2D eigenvalue weighted by Gasteiger charge is -2.15. The van der Waals surface area contributed by atoms with Crippen molar-refractivity contribution in [2.24, 2.45) is 0 Å². The Morgan fingerprint density at radius 2 is 2.08 bits per heavy atom. The number of nitrogens with zero attached hydrogens (tertiary/aromatic N) is 3. The fourth-order valence-electron chi connectivity index (χ4n) is 2.81. The van der Waals surface area contributed by atoms with E-state index in [4.69, 9.17) is 9.26 Å². The van der Waals surface area contributed by atoms with Crippen LogP contribution in [0.4, 0.5) is 0 Å². The Bertz CT molecular complexity index is 705. The summed E-state index contributed by atoms with van der Waals surface area (Å²) in [5.74, 6) is 1.39. The van der Waals surface area contributed by atoms with Gasteiger partial charge in [0.2, 0.25) is 0 Å². The summed E-state index contributed by atoms with van der Waals surface area (Å²) in [5.41, 5.74) is 2.49. The Hall–Kier alpha value is -2.12. The molecule has 2 aromatic heterocycles. The van der Waals surface area contributed by atoms with Gasteiger partial charge in [-0.15, -0.1) is 0 Å². The topological polar surface area (TPSA) is 72.5 Å². The molecule has 0 radical (unpaired) electrons. The van der Waals surface area contributed by atoms with Gasteiger partial charge in [0.15, 0.2) is 5.82 Å². The number of aryl methyl sites for hydroxylation is 2. The number of carbonyl (C=O) groups excluding carboxylic acids is 1. The maximum Gasteiger partial charge on any atom is 0.253 e. The SMILES string of the molecule is COCCN(C)CCCNC(=O)c1cc(C)n(-c2cc(C)on2)c1C. The molecule has 0 aliphatic carbocycles. The summed E-state index contributed by atoms with van der Waals surface area (Å²) in [6, 6.07) is 3.75. The second kappa shape index (κ2) is 8.82. The third-order valence-electron chi connectivity index (χ3n) is 4.20. The van der Waals surface area contributed by atoms with E-state index >= 15 is 0 Å². The number of methoxy groups -OCH3 is 1. The summed E-state index contributed by atoms with van der Waals surface area (Å²) in [6.45, 7) is 8.90. The molecule has 2 heterocycles. The third-order valence-corrected chi connectivity index (χ3v) is 4.20. The van der Waals surface area contributed by atoms with Gasteiger partial charge in [-0.05, 0) is 46.9 Å². The normalized spacial score (nSPS) is 11.3. The summed E-state index contributed by atoms with van der Waals surface area (Å²) in [5, 5.41) is 7.03. The minimum atomic E-state index is -0.0564. The van der Waals surface area contributed by atoms with Gasteiger partial charge < -0.3 is 19.5 Å². The van der Waals surface area contributed by atoms with Crippen LogP contribution < -0.4 is 5.32 Å². The van der Waals surface area contributed by atoms with Crippen LogP contribution in [-0.2, 0) is 4.74 Å². The molecule has 138 valence electrons. The molecule has 0 saturated heterocycles. The number of nitrogens with one attached hydrogen (secondary N) is 1. The number of amides is 1. The molecule has 0 bridgehead atoms. The first-order valence-electron chi connectivity index (χ1n) is 8.52. The van der Waals surface area contributed by atoms with Crippen molar-refractivity contribution in [2.75, 3.05) is 40.4 Å². The molecule has 0 aliphatic heterocycles. The molecule has 0 spiro atoms. The maximum atomic E-state index is 12.5. The van der Waals surface area contributed by atoms with Gasteiger partial charge in [-0.2, -0.15) is 0 Å². The lowest BCUT2D eigenvalue weighted by molar-refractivity contribution is 0.0950. The monoisotopic (exact) mass is 348 g/mol. The maximum absolute atomic E-state index is 12.5. The van der Waals surface area contributed by atoms with Crippen LogP contribution in [0.3, 0.4) is 0 Å². The van der Waals surface area contributed by atoms with Gasteiger partial charge in [0.25, 0.3) is 5.91 Å². The highest BCUT2D eigenvalue weighted by Crippen LogP contribution is 2.20. The van der Waals surface area contributed by atoms with Gasteiger partial charge in [-0.25, -0.2) is 0 Å². The fourth-order valence-corrected chi connectivity index (χ4v) is 2.81. The molecule has 0 aliphatic rings. The van der Waals surface area contributed by atoms with Crippen molar-refractivity contribution >= 4 is 5.91 Å². The highest BCUT2D eigenvalue weighted by atomic mass is 16.5. The Kier molecular flexibility index (Phi) is 6.78. The van der Waals surface area contributed by atoms with Crippen molar-refractivity contribution in [1.82, 2.24) is 19.9 Å². The Morgan fingerprint density at radius 1 is 1.32 bits per heavy atom. The molecular formula is C18H28N4O3. The van der Waals surface area contributed by atoms with Crippen LogP contribution in [-0.4, -0.2) is 60.9 Å². The second-order valence-electron chi connectivity index (χ2n) is 6.32. The number of ether oxygens (including phenoxy) is 1. The minimum absolute atomic E-state index is 0.0564. The summed E-state index contributed by atoms with van der Waals surface area (Å²) in [7, 11) is 3.75. The van der Waals surface area contributed by atoms with Crippen LogP contribution in [0, 0.1) is 20.8 Å². The summed E-state index contributed by atoms with van der Waals surface area (Å²) >= 11 is 0. The molecule has 0 fully saturated rings. The summed E-state index contributed by atoms with van der Waals surface area (Å²) in [4.78, 5) is 14.7. The molecule has 1 amide bonds. The van der Waals surface area contributed by atoms with E-state index in [-0.39, 0.29) is 5.91 Å². The quantitative estimate of drug-likeness (QED) is 0.703. The van der Waals surface area contributed by atoms with E-state index in [1.807, 2.05) is 44.5 Å². The molecule has 2 rings (SSSR count). The van der Waals surface area contributed by atoms with Gasteiger partial charge in [0.1, 0.15) is 5.76 Å². The smallest absolute Gasteiger partial charge is 0.253 e. The molecule has 7 nitrogen and oxygen atoms in total. The van der Waals surface area contributed by atoms with Gasteiger partial charge in [-0.3, -0.25) is 9.36 Å². The molecule has 0 saturated carbocycles. The van der Waals surface area contributed by atoms with Gasteiger partial charge >= 0.3 is 0 Å². The van der Waals surface area contributed by atoms with Crippen molar-refractivity contribution in [3.63, 3.8) is 0 Å². The van der Waals surface area contributed by atoms with E-state index in [2.05, 4.69) is 15.4 Å². The van der Waals surface area contributed by atoms with Crippen molar-refractivity contribution in [3.05, 3.63) is 34.8 Å². The van der Waals surface area contributed by atoms with Crippen LogP contribution in [0.5, 0.6) is 0 Å². The number of likely N-dealkylation sites (N-methyl/N-ethyl adjacent to an activating group) is 1. The molecule has 1 N–H and O–H groups in total. The Balaban J connectivity index is 1.92. The third kappa shape index (κ3) is 4.93. The van der Waals surface area contributed by atoms with Crippen LogP contribution in [0.15, 0.2) is 16.7 Å². The minimum Gasteiger partial charge on any atom is -0.383 e. The zero-order valence-corrected chi connectivity index (χ0v) is 15.8. The van der Waals surface area contributed by atoms with Crippen molar-refractivity contribution in [2.45, 2.75) is 27.2 Å². The molecule has 0 aromatic carbocycles. The van der Waals surface area contributed by atoms with Crippen molar-refractivity contribution in [3.8, 4) is 5.82 Å². The van der Waals surface area contributed by atoms with Gasteiger partial charge in [0, 0.05) is 37.7 Å². The van der Waals surface area contributed by atoms with Crippen LogP contribution >= 0.6 is 0 Å². The van der Waals surface area contributed by atoms with E-state index in [9.17, 15) is 4.79 Å². The van der Waals surface area contributed by atoms with E-state index in [0.29, 0.717) is 17.9 Å². The lowest BCUT2D eigenvalue weighted by Crippen LogP contribution is -2.29. The molecule has 2 aromatic rings. The van der Waals surface area contributed by atoms with E-state index in [1.165, 1.54) is 0 Å². The lowest BCUT2D eigenvalue weighted by atomic mass is 10.2. The van der Waals surface area contributed by atoms with Crippen LogP contribution in [0.2, 0.25) is 0 Å². The van der Waals surface area contributed by atoms with E-state index in [0.717, 1.165) is 43.3 Å². The molecule has 0 atom stereocenters. The summed E-state index contributed by atoms with van der Waals surface area (Å²) in [6.07, 6.45) is 0.896.